The molecule has 0 aliphatic heterocycles. The zero-order valence-electron chi connectivity index (χ0n) is 18.2. The molecule has 0 saturated heterocycles. The molecule has 1 aliphatic rings. The molecule has 162 valence electrons. The SMILES string of the molecule is CCOc1cc(/C=C(\C#N)C(=O)N[C@@H]2CCCC[C@H]2C)ccc1OCC(=O)N(C)C. The second kappa shape index (κ2) is 11.2. The summed E-state index contributed by atoms with van der Waals surface area (Å²) in [7, 11) is 3.32. The van der Waals surface area contributed by atoms with Crippen molar-refractivity contribution in [3.8, 4) is 17.6 Å². The Morgan fingerprint density at radius 2 is 1.97 bits per heavy atom. The van der Waals surface area contributed by atoms with Gasteiger partial charge < -0.3 is 19.7 Å². The molecule has 0 radical (unpaired) electrons. The highest BCUT2D eigenvalue weighted by Crippen LogP contribution is 2.30. The van der Waals surface area contributed by atoms with Gasteiger partial charge >= 0.3 is 0 Å². The van der Waals surface area contributed by atoms with Crippen molar-refractivity contribution in [3.05, 3.63) is 29.3 Å². The van der Waals surface area contributed by atoms with Gasteiger partial charge in [0.2, 0.25) is 0 Å². The Hall–Kier alpha value is -3.01. The van der Waals surface area contributed by atoms with Crippen molar-refractivity contribution in [2.75, 3.05) is 27.3 Å². The Bertz CT molecular complexity index is 826. The Morgan fingerprint density at radius 1 is 1.23 bits per heavy atom. The van der Waals surface area contributed by atoms with Crippen molar-refractivity contribution in [3.63, 3.8) is 0 Å². The fourth-order valence-electron chi connectivity index (χ4n) is 3.36. The van der Waals surface area contributed by atoms with Crippen molar-refractivity contribution in [2.45, 2.75) is 45.6 Å². The summed E-state index contributed by atoms with van der Waals surface area (Å²) in [6.07, 6.45) is 5.85. The lowest BCUT2D eigenvalue weighted by atomic mass is 9.86. The summed E-state index contributed by atoms with van der Waals surface area (Å²) in [6.45, 7) is 4.29. The van der Waals surface area contributed by atoms with E-state index < -0.39 is 0 Å². The molecule has 0 heterocycles. The molecule has 1 fully saturated rings. The molecule has 1 saturated carbocycles. The van der Waals surface area contributed by atoms with E-state index in [1.54, 1.807) is 38.4 Å². The second-order valence-corrected chi connectivity index (χ2v) is 7.73. The lowest BCUT2D eigenvalue weighted by molar-refractivity contribution is -0.130. The van der Waals surface area contributed by atoms with E-state index in [4.69, 9.17) is 9.47 Å². The van der Waals surface area contributed by atoms with Gasteiger partial charge in [0.25, 0.3) is 11.8 Å². The highest BCUT2D eigenvalue weighted by molar-refractivity contribution is 6.01. The zero-order valence-corrected chi connectivity index (χ0v) is 18.2. The van der Waals surface area contributed by atoms with Crippen molar-refractivity contribution in [2.24, 2.45) is 5.92 Å². The monoisotopic (exact) mass is 413 g/mol. The van der Waals surface area contributed by atoms with Gasteiger partial charge in [-0.25, -0.2) is 0 Å². The number of carbonyl (C=O) groups is 2. The third-order valence-electron chi connectivity index (χ3n) is 5.22. The lowest BCUT2D eigenvalue weighted by Gasteiger charge is -2.29. The average Bonchev–Trinajstić information content (AvgIpc) is 2.72. The summed E-state index contributed by atoms with van der Waals surface area (Å²) in [6, 6.07) is 7.21. The maximum absolute atomic E-state index is 12.6. The minimum absolute atomic E-state index is 0.0478. The number of rotatable bonds is 8. The number of hydrogen-bond donors (Lipinski definition) is 1. The molecule has 1 aromatic carbocycles. The molecule has 0 aromatic heterocycles. The van der Waals surface area contributed by atoms with Crippen LogP contribution in [-0.2, 0) is 9.59 Å². The van der Waals surface area contributed by atoms with Gasteiger partial charge in [-0.15, -0.1) is 0 Å². The number of hydrogen-bond acceptors (Lipinski definition) is 5. The Labute approximate surface area is 178 Å². The second-order valence-electron chi connectivity index (χ2n) is 7.73. The summed E-state index contributed by atoms with van der Waals surface area (Å²) in [4.78, 5) is 25.8. The van der Waals surface area contributed by atoms with Gasteiger partial charge in [0.15, 0.2) is 18.1 Å². The predicted molar refractivity (Wildman–Crippen MR) is 115 cm³/mol. The largest absolute Gasteiger partial charge is 0.490 e. The van der Waals surface area contributed by atoms with Gasteiger partial charge in [-0.2, -0.15) is 5.26 Å². The molecule has 2 atom stereocenters. The third kappa shape index (κ3) is 6.51. The first kappa shape index (κ1) is 23.3. The van der Waals surface area contributed by atoms with Crippen LogP contribution < -0.4 is 14.8 Å². The topological polar surface area (TPSA) is 91.7 Å². The smallest absolute Gasteiger partial charge is 0.262 e. The molecule has 1 N–H and O–H groups in total. The van der Waals surface area contributed by atoms with E-state index in [0.29, 0.717) is 29.6 Å². The van der Waals surface area contributed by atoms with E-state index in [1.165, 1.54) is 11.3 Å². The fraction of sp³-hybridized carbons (Fsp3) is 0.522. The maximum Gasteiger partial charge on any atom is 0.262 e. The van der Waals surface area contributed by atoms with Crippen LogP contribution in [0.2, 0.25) is 0 Å². The number of nitrogens with zero attached hydrogens (tertiary/aromatic N) is 2. The van der Waals surface area contributed by atoms with Gasteiger partial charge in [-0.3, -0.25) is 9.59 Å². The molecular formula is C23H31N3O4. The van der Waals surface area contributed by atoms with Crippen molar-refractivity contribution >= 4 is 17.9 Å². The van der Waals surface area contributed by atoms with E-state index in [2.05, 4.69) is 12.2 Å². The Kier molecular flexibility index (Phi) is 8.72. The predicted octanol–water partition coefficient (Wildman–Crippen LogP) is 3.15. The highest BCUT2D eigenvalue weighted by atomic mass is 16.5. The van der Waals surface area contributed by atoms with Gasteiger partial charge in [0, 0.05) is 20.1 Å². The van der Waals surface area contributed by atoms with Gasteiger partial charge in [0.1, 0.15) is 11.6 Å². The van der Waals surface area contributed by atoms with Gasteiger partial charge in [-0.05, 0) is 49.5 Å². The number of carbonyl (C=O) groups excluding carboxylic acids is 2. The van der Waals surface area contributed by atoms with Crippen LogP contribution in [0.3, 0.4) is 0 Å². The normalized spacial score (nSPS) is 18.8. The highest BCUT2D eigenvalue weighted by Gasteiger charge is 2.24. The first-order valence-electron chi connectivity index (χ1n) is 10.4. The number of likely N-dealkylation sites (N-methyl/N-ethyl adjacent to an activating group) is 1. The molecule has 1 aromatic rings. The zero-order chi connectivity index (χ0) is 22.1. The first-order valence-corrected chi connectivity index (χ1v) is 10.4. The van der Waals surface area contributed by atoms with Gasteiger partial charge in [-0.1, -0.05) is 25.8 Å². The molecule has 0 spiro atoms. The molecular weight excluding hydrogens is 382 g/mol. The van der Waals surface area contributed by atoms with E-state index in [-0.39, 0.29) is 30.0 Å². The molecule has 2 rings (SSSR count). The lowest BCUT2D eigenvalue weighted by Crippen LogP contribution is -2.41. The molecule has 7 nitrogen and oxygen atoms in total. The third-order valence-corrected chi connectivity index (χ3v) is 5.22. The summed E-state index contributed by atoms with van der Waals surface area (Å²) in [5, 5.41) is 12.5. The number of ether oxygens (including phenoxy) is 2. The van der Waals surface area contributed by atoms with Crippen molar-refractivity contribution in [1.82, 2.24) is 10.2 Å². The van der Waals surface area contributed by atoms with Crippen LogP contribution in [-0.4, -0.2) is 50.1 Å². The van der Waals surface area contributed by atoms with Crippen LogP contribution in [0, 0.1) is 17.2 Å². The molecule has 1 aliphatic carbocycles. The molecule has 0 bridgehead atoms. The fourth-order valence-corrected chi connectivity index (χ4v) is 3.36. The van der Waals surface area contributed by atoms with Crippen LogP contribution in [0.4, 0.5) is 0 Å². The summed E-state index contributed by atoms with van der Waals surface area (Å²) < 4.78 is 11.2. The molecule has 30 heavy (non-hydrogen) atoms. The summed E-state index contributed by atoms with van der Waals surface area (Å²) in [5.74, 6) is 0.779. The molecule has 0 unspecified atom stereocenters. The van der Waals surface area contributed by atoms with Crippen LogP contribution >= 0.6 is 0 Å². The molecule has 7 heteroatoms. The quantitative estimate of drug-likeness (QED) is 0.522. The van der Waals surface area contributed by atoms with Crippen LogP contribution in [0.5, 0.6) is 11.5 Å². The minimum Gasteiger partial charge on any atom is -0.490 e. The van der Waals surface area contributed by atoms with E-state index >= 15 is 0 Å². The van der Waals surface area contributed by atoms with Crippen molar-refractivity contribution < 1.29 is 19.1 Å². The number of nitrogens with one attached hydrogen (secondary N) is 1. The Morgan fingerprint density at radius 3 is 2.60 bits per heavy atom. The number of nitriles is 1. The van der Waals surface area contributed by atoms with Gasteiger partial charge in [0.05, 0.1) is 6.61 Å². The average molecular weight is 414 g/mol. The van der Waals surface area contributed by atoms with Crippen LogP contribution in [0.25, 0.3) is 6.08 Å². The van der Waals surface area contributed by atoms with E-state index in [1.807, 2.05) is 13.0 Å². The maximum atomic E-state index is 12.6. The Balaban J connectivity index is 2.16. The van der Waals surface area contributed by atoms with Crippen LogP contribution in [0.1, 0.15) is 45.1 Å². The summed E-state index contributed by atoms with van der Waals surface area (Å²) >= 11 is 0. The first-order chi connectivity index (χ1) is 14.3. The van der Waals surface area contributed by atoms with Crippen molar-refractivity contribution in [1.29, 1.82) is 5.26 Å². The standard InChI is InChI=1S/C23H31N3O4/c1-5-29-21-13-17(10-11-20(21)30-15-22(27)26(3)4)12-18(14-24)23(28)25-19-9-7-6-8-16(19)2/h10-13,16,19H,5-9,15H2,1-4H3,(H,25,28)/b18-12+/t16-,19-/m1/s1. The van der Waals surface area contributed by atoms with E-state index in [0.717, 1.165) is 19.3 Å². The minimum atomic E-state index is -0.355. The van der Waals surface area contributed by atoms with E-state index in [9.17, 15) is 14.9 Å². The van der Waals surface area contributed by atoms with Crippen LogP contribution in [0.15, 0.2) is 23.8 Å². The number of amides is 2. The summed E-state index contributed by atoms with van der Waals surface area (Å²) in [5.41, 5.74) is 0.694. The number of benzene rings is 1. The molecule has 2 amide bonds.